The van der Waals surface area contributed by atoms with E-state index in [0.717, 1.165) is 5.56 Å². The van der Waals surface area contributed by atoms with Gasteiger partial charge < -0.3 is 4.74 Å². The van der Waals surface area contributed by atoms with Gasteiger partial charge in [-0.1, -0.05) is 28.9 Å². The average Bonchev–Trinajstić information content (AvgIpc) is 2.41. The van der Waals surface area contributed by atoms with E-state index in [0.29, 0.717) is 16.5 Å². The van der Waals surface area contributed by atoms with E-state index in [4.69, 9.17) is 16.3 Å². The van der Waals surface area contributed by atoms with Gasteiger partial charge in [0.2, 0.25) is 0 Å². The van der Waals surface area contributed by atoms with Crippen LogP contribution in [0, 0.1) is 4.91 Å². The Morgan fingerprint density at radius 3 is 2.00 bits per heavy atom. The van der Waals surface area contributed by atoms with Crippen molar-refractivity contribution in [2.75, 3.05) is 0 Å². The summed E-state index contributed by atoms with van der Waals surface area (Å²) in [6.07, 6.45) is 0. The molecule has 4 heteroatoms. The van der Waals surface area contributed by atoms with Crippen LogP contribution in [0.4, 0.5) is 0 Å². The molecule has 0 saturated carbocycles. The Labute approximate surface area is 110 Å². The molecule has 2 rings (SSSR count). The van der Waals surface area contributed by atoms with E-state index in [-0.39, 0.29) is 6.04 Å². The Bertz CT molecular complexity index is 522. The Morgan fingerprint density at radius 2 is 1.50 bits per heavy atom. The normalized spacial score (nSPS) is 11.9. The van der Waals surface area contributed by atoms with Crippen molar-refractivity contribution in [1.29, 1.82) is 0 Å². The van der Waals surface area contributed by atoms with Gasteiger partial charge >= 0.3 is 0 Å². The number of halogens is 1. The van der Waals surface area contributed by atoms with Crippen LogP contribution < -0.4 is 4.74 Å². The Hall–Kier alpha value is -1.87. The molecule has 0 fully saturated rings. The molecular weight excluding hydrogens is 250 g/mol. The van der Waals surface area contributed by atoms with Crippen LogP contribution >= 0.6 is 11.6 Å². The molecule has 3 nitrogen and oxygen atoms in total. The molecule has 2 aromatic carbocycles. The molecule has 0 bridgehead atoms. The van der Waals surface area contributed by atoms with Gasteiger partial charge in [0.25, 0.3) is 0 Å². The zero-order chi connectivity index (χ0) is 13.0. The van der Waals surface area contributed by atoms with Crippen molar-refractivity contribution >= 4 is 11.6 Å². The fraction of sp³-hybridized carbons (Fsp3) is 0.143. The van der Waals surface area contributed by atoms with Gasteiger partial charge in [-0.05, 0) is 48.9 Å². The molecule has 0 spiro atoms. The van der Waals surface area contributed by atoms with E-state index in [2.05, 4.69) is 5.18 Å². The number of nitrogens with zero attached hydrogens (tertiary/aromatic N) is 1. The summed E-state index contributed by atoms with van der Waals surface area (Å²) < 4.78 is 5.63. The highest BCUT2D eigenvalue weighted by atomic mass is 35.5. The second kappa shape index (κ2) is 5.65. The van der Waals surface area contributed by atoms with Crippen molar-refractivity contribution in [1.82, 2.24) is 0 Å². The summed E-state index contributed by atoms with van der Waals surface area (Å²) in [6, 6.07) is 14.1. The van der Waals surface area contributed by atoms with E-state index in [9.17, 15) is 4.91 Å². The molecule has 0 aromatic heterocycles. The lowest BCUT2D eigenvalue weighted by Crippen LogP contribution is -1.89. The first kappa shape index (κ1) is 12.6. The summed E-state index contributed by atoms with van der Waals surface area (Å²) >= 11 is 5.79. The number of benzene rings is 2. The zero-order valence-electron chi connectivity index (χ0n) is 9.84. The fourth-order valence-electron chi connectivity index (χ4n) is 1.51. The Morgan fingerprint density at radius 1 is 1.00 bits per heavy atom. The number of hydrogen-bond donors (Lipinski definition) is 0. The number of nitroso groups, excluding NO2 is 1. The van der Waals surface area contributed by atoms with Crippen molar-refractivity contribution in [3.05, 3.63) is 64.0 Å². The van der Waals surface area contributed by atoms with Crippen molar-refractivity contribution in [3.8, 4) is 11.5 Å². The summed E-state index contributed by atoms with van der Waals surface area (Å²) in [5.41, 5.74) is 0.869. The van der Waals surface area contributed by atoms with E-state index in [1.54, 1.807) is 31.2 Å². The predicted octanol–water partition coefficient (Wildman–Crippen LogP) is 4.96. The van der Waals surface area contributed by atoms with Crippen LogP contribution in [0.15, 0.2) is 53.7 Å². The molecule has 0 saturated heterocycles. The van der Waals surface area contributed by atoms with Crippen LogP contribution in [0.5, 0.6) is 11.5 Å². The highest BCUT2D eigenvalue weighted by Gasteiger charge is 2.04. The highest BCUT2D eigenvalue weighted by molar-refractivity contribution is 6.30. The van der Waals surface area contributed by atoms with Gasteiger partial charge in [-0.25, -0.2) is 0 Å². The number of hydrogen-bond acceptors (Lipinski definition) is 3. The highest BCUT2D eigenvalue weighted by Crippen LogP contribution is 2.25. The summed E-state index contributed by atoms with van der Waals surface area (Å²) in [5, 5.41) is 3.65. The van der Waals surface area contributed by atoms with Crippen molar-refractivity contribution in [3.63, 3.8) is 0 Å². The lowest BCUT2D eigenvalue weighted by Gasteiger charge is -2.07. The van der Waals surface area contributed by atoms with Gasteiger partial charge in [-0.2, -0.15) is 4.91 Å². The summed E-state index contributed by atoms with van der Waals surface area (Å²) in [6.45, 7) is 1.75. The van der Waals surface area contributed by atoms with Gasteiger partial charge in [-0.15, -0.1) is 0 Å². The van der Waals surface area contributed by atoms with Crippen LogP contribution in [0.2, 0.25) is 5.02 Å². The molecule has 1 unspecified atom stereocenters. The predicted molar refractivity (Wildman–Crippen MR) is 72.2 cm³/mol. The van der Waals surface area contributed by atoms with Gasteiger partial charge in [0.1, 0.15) is 17.5 Å². The van der Waals surface area contributed by atoms with Crippen molar-refractivity contribution < 1.29 is 4.74 Å². The van der Waals surface area contributed by atoms with Crippen LogP contribution in [0.25, 0.3) is 0 Å². The summed E-state index contributed by atoms with van der Waals surface area (Å²) in [7, 11) is 0. The molecule has 0 amide bonds. The molecule has 0 aliphatic carbocycles. The molecule has 0 aliphatic heterocycles. The number of ether oxygens (including phenoxy) is 1. The second-order valence-electron chi connectivity index (χ2n) is 3.91. The SMILES string of the molecule is CC(N=O)c1ccc(Oc2ccc(Cl)cc2)cc1. The first-order chi connectivity index (χ1) is 8.69. The van der Waals surface area contributed by atoms with E-state index >= 15 is 0 Å². The third-order valence-corrected chi connectivity index (χ3v) is 2.82. The van der Waals surface area contributed by atoms with Gasteiger partial charge in [0, 0.05) is 5.02 Å². The smallest absolute Gasteiger partial charge is 0.127 e. The molecule has 0 radical (unpaired) electrons. The van der Waals surface area contributed by atoms with Crippen LogP contribution in [-0.4, -0.2) is 0 Å². The molecular formula is C14H12ClNO2. The zero-order valence-corrected chi connectivity index (χ0v) is 10.6. The van der Waals surface area contributed by atoms with E-state index < -0.39 is 0 Å². The first-order valence-corrected chi connectivity index (χ1v) is 5.92. The lowest BCUT2D eigenvalue weighted by atomic mass is 10.1. The number of rotatable bonds is 4. The maximum absolute atomic E-state index is 10.4. The minimum atomic E-state index is -0.338. The molecule has 0 heterocycles. The molecule has 18 heavy (non-hydrogen) atoms. The van der Waals surface area contributed by atoms with Gasteiger partial charge in [0.15, 0.2) is 0 Å². The largest absolute Gasteiger partial charge is 0.457 e. The van der Waals surface area contributed by atoms with Gasteiger partial charge in [0.05, 0.1) is 0 Å². The standard InChI is InChI=1S/C14H12ClNO2/c1-10(16-17)11-2-6-13(7-3-11)18-14-8-4-12(15)5-9-14/h2-10H,1H3. The molecule has 0 N–H and O–H groups in total. The molecule has 1 atom stereocenters. The molecule has 2 aromatic rings. The second-order valence-corrected chi connectivity index (χ2v) is 4.34. The molecule has 92 valence electrons. The minimum absolute atomic E-state index is 0.338. The average molecular weight is 262 g/mol. The summed E-state index contributed by atoms with van der Waals surface area (Å²) in [5.74, 6) is 1.42. The maximum Gasteiger partial charge on any atom is 0.127 e. The first-order valence-electron chi connectivity index (χ1n) is 5.55. The monoisotopic (exact) mass is 261 g/mol. The maximum atomic E-state index is 10.4. The van der Waals surface area contributed by atoms with E-state index in [1.165, 1.54) is 0 Å². The Balaban J connectivity index is 2.10. The van der Waals surface area contributed by atoms with Crippen molar-refractivity contribution in [2.24, 2.45) is 5.18 Å². The van der Waals surface area contributed by atoms with Crippen LogP contribution in [-0.2, 0) is 0 Å². The lowest BCUT2D eigenvalue weighted by molar-refractivity contribution is 0.482. The minimum Gasteiger partial charge on any atom is -0.457 e. The molecule has 0 aliphatic rings. The fourth-order valence-corrected chi connectivity index (χ4v) is 1.64. The summed E-state index contributed by atoms with van der Waals surface area (Å²) in [4.78, 5) is 10.4. The third kappa shape index (κ3) is 3.08. The van der Waals surface area contributed by atoms with Crippen LogP contribution in [0.1, 0.15) is 18.5 Å². The topological polar surface area (TPSA) is 38.7 Å². The Kier molecular flexibility index (Phi) is 3.95. The third-order valence-electron chi connectivity index (χ3n) is 2.57. The van der Waals surface area contributed by atoms with Gasteiger partial charge in [-0.3, -0.25) is 0 Å². The quantitative estimate of drug-likeness (QED) is 0.730. The van der Waals surface area contributed by atoms with E-state index in [1.807, 2.05) is 24.3 Å². The van der Waals surface area contributed by atoms with Crippen molar-refractivity contribution in [2.45, 2.75) is 13.0 Å². The van der Waals surface area contributed by atoms with Crippen LogP contribution in [0.3, 0.4) is 0 Å².